The molecule has 0 N–H and O–H groups in total. The molecule has 1 heterocycles. The zero-order valence-corrected chi connectivity index (χ0v) is 12.6. The van der Waals surface area contributed by atoms with Crippen LogP contribution in [0.2, 0.25) is 0 Å². The Morgan fingerprint density at radius 1 is 1.30 bits per heavy atom. The number of hydrogen-bond acceptors (Lipinski definition) is 4. The van der Waals surface area contributed by atoms with Gasteiger partial charge in [-0.2, -0.15) is 5.26 Å². The molecule has 0 aliphatic carbocycles. The van der Waals surface area contributed by atoms with E-state index in [0.29, 0.717) is 36.6 Å². The third-order valence-corrected chi connectivity index (χ3v) is 3.47. The molecule has 1 rings (SSSR count). The van der Waals surface area contributed by atoms with E-state index in [9.17, 15) is 9.59 Å². The summed E-state index contributed by atoms with van der Waals surface area (Å²) in [7, 11) is 0. The predicted molar refractivity (Wildman–Crippen MR) is 79.4 cm³/mol. The first-order valence-electron chi connectivity index (χ1n) is 6.94. The molecule has 0 saturated heterocycles. The van der Waals surface area contributed by atoms with Crippen LogP contribution < -0.4 is 10.5 Å². The molecule has 0 amide bonds. The topological polar surface area (TPSA) is 66.1 Å². The second-order valence-corrected chi connectivity index (χ2v) is 4.60. The number of anilines is 1. The first-order valence-corrected chi connectivity index (χ1v) is 6.94. The second-order valence-electron chi connectivity index (χ2n) is 4.60. The molecule has 0 aliphatic rings. The van der Waals surface area contributed by atoms with Gasteiger partial charge in [-0.3, -0.25) is 14.2 Å². The van der Waals surface area contributed by atoms with Crippen LogP contribution >= 0.6 is 0 Å². The Morgan fingerprint density at radius 2 is 1.90 bits per heavy atom. The van der Waals surface area contributed by atoms with Gasteiger partial charge in [-0.15, -0.1) is 0 Å². The fourth-order valence-electron chi connectivity index (χ4n) is 2.41. The van der Waals surface area contributed by atoms with Crippen molar-refractivity contribution in [2.45, 2.75) is 40.7 Å². The minimum absolute atomic E-state index is 0.0662. The van der Waals surface area contributed by atoms with Crippen LogP contribution in [0.1, 0.15) is 48.7 Å². The van der Waals surface area contributed by atoms with Crippen molar-refractivity contribution in [2.75, 3.05) is 18.0 Å². The van der Waals surface area contributed by atoms with E-state index in [1.807, 2.05) is 31.7 Å². The minimum atomic E-state index is -0.306. The van der Waals surface area contributed by atoms with Crippen LogP contribution in [0, 0.1) is 18.3 Å². The Kier molecular flexibility index (Phi) is 5.51. The number of nitrogens with zero attached hydrogens (tertiary/aromatic N) is 3. The second kappa shape index (κ2) is 6.90. The van der Waals surface area contributed by atoms with Gasteiger partial charge in [-0.1, -0.05) is 6.92 Å². The van der Waals surface area contributed by atoms with Gasteiger partial charge >= 0.3 is 0 Å². The summed E-state index contributed by atoms with van der Waals surface area (Å²) in [4.78, 5) is 25.9. The molecule has 0 aliphatic heterocycles. The highest BCUT2D eigenvalue weighted by atomic mass is 16.1. The third kappa shape index (κ3) is 2.60. The van der Waals surface area contributed by atoms with Gasteiger partial charge in [-0.25, -0.2) is 0 Å². The standard InChI is InChI=1S/C15H21N3O2/c1-5-8-18-14(17(6-2)7-3)13(10-19)11(4)12(9-16)15(18)20/h10H,5-8H2,1-4H3. The molecule has 1 aromatic heterocycles. The molecular weight excluding hydrogens is 254 g/mol. The van der Waals surface area contributed by atoms with E-state index in [-0.39, 0.29) is 11.1 Å². The number of pyridine rings is 1. The van der Waals surface area contributed by atoms with Crippen LogP contribution in [0.15, 0.2) is 4.79 Å². The molecular formula is C15H21N3O2. The summed E-state index contributed by atoms with van der Waals surface area (Å²) in [6.07, 6.45) is 1.51. The van der Waals surface area contributed by atoms with E-state index in [4.69, 9.17) is 5.26 Å². The smallest absolute Gasteiger partial charge is 0.270 e. The van der Waals surface area contributed by atoms with E-state index in [2.05, 4.69) is 0 Å². The van der Waals surface area contributed by atoms with Crippen LogP contribution in [0.4, 0.5) is 5.82 Å². The van der Waals surface area contributed by atoms with Crippen molar-refractivity contribution >= 4 is 12.1 Å². The van der Waals surface area contributed by atoms with E-state index in [1.54, 1.807) is 11.5 Å². The van der Waals surface area contributed by atoms with Crippen molar-refractivity contribution in [1.29, 1.82) is 5.26 Å². The Morgan fingerprint density at radius 3 is 2.30 bits per heavy atom. The lowest BCUT2D eigenvalue weighted by Gasteiger charge is -2.27. The van der Waals surface area contributed by atoms with Gasteiger partial charge in [0.1, 0.15) is 17.5 Å². The molecule has 0 radical (unpaired) electrons. The van der Waals surface area contributed by atoms with Gasteiger partial charge in [0.25, 0.3) is 5.56 Å². The summed E-state index contributed by atoms with van der Waals surface area (Å²) in [6.45, 7) is 9.48. The van der Waals surface area contributed by atoms with Gasteiger partial charge < -0.3 is 4.90 Å². The molecule has 5 nitrogen and oxygen atoms in total. The lowest BCUT2D eigenvalue weighted by molar-refractivity contribution is 0.112. The average Bonchev–Trinajstić information content (AvgIpc) is 2.45. The number of carbonyl (C=O) groups excluding carboxylic acids is 1. The summed E-state index contributed by atoms with van der Waals surface area (Å²) in [5.41, 5.74) is 0.677. The highest BCUT2D eigenvalue weighted by Crippen LogP contribution is 2.23. The van der Waals surface area contributed by atoms with Crippen molar-refractivity contribution in [3.8, 4) is 6.07 Å². The Hall–Kier alpha value is -2.09. The summed E-state index contributed by atoms with van der Waals surface area (Å²) >= 11 is 0. The zero-order valence-electron chi connectivity index (χ0n) is 12.6. The molecule has 0 aromatic carbocycles. The van der Waals surface area contributed by atoms with E-state index >= 15 is 0 Å². The van der Waals surface area contributed by atoms with Gasteiger partial charge in [0.2, 0.25) is 0 Å². The number of nitriles is 1. The van der Waals surface area contributed by atoms with E-state index in [1.165, 1.54) is 0 Å². The first kappa shape index (κ1) is 16.0. The fourth-order valence-corrected chi connectivity index (χ4v) is 2.41. The quantitative estimate of drug-likeness (QED) is 0.746. The monoisotopic (exact) mass is 275 g/mol. The molecule has 108 valence electrons. The van der Waals surface area contributed by atoms with Crippen LogP contribution in [0.3, 0.4) is 0 Å². The normalized spacial score (nSPS) is 10.2. The molecule has 0 bridgehead atoms. The van der Waals surface area contributed by atoms with Gasteiger partial charge in [0, 0.05) is 19.6 Å². The minimum Gasteiger partial charge on any atom is -0.358 e. The highest BCUT2D eigenvalue weighted by molar-refractivity contribution is 5.86. The Bertz CT molecular complexity index is 593. The van der Waals surface area contributed by atoms with E-state index < -0.39 is 0 Å². The fraction of sp³-hybridized carbons (Fsp3) is 0.533. The molecule has 0 spiro atoms. The predicted octanol–water partition coefficient (Wildman–Crippen LogP) is 2.10. The Labute approximate surface area is 119 Å². The van der Waals surface area contributed by atoms with Crippen LogP contribution in [-0.4, -0.2) is 23.9 Å². The van der Waals surface area contributed by atoms with E-state index in [0.717, 1.165) is 12.7 Å². The van der Waals surface area contributed by atoms with Crippen LogP contribution in [0.25, 0.3) is 0 Å². The summed E-state index contributed by atoms with van der Waals surface area (Å²) in [5, 5.41) is 9.16. The van der Waals surface area contributed by atoms with Crippen molar-refractivity contribution in [3.05, 3.63) is 27.0 Å². The summed E-state index contributed by atoms with van der Waals surface area (Å²) in [5.74, 6) is 0.633. The first-order chi connectivity index (χ1) is 9.56. The summed E-state index contributed by atoms with van der Waals surface area (Å²) in [6, 6.07) is 1.93. The number of rotatable bonds is 6. The molecule has 0 fully saturated rings. The number of aldehydes is 1. The van der Waals surface area contributed by atoms with Crippen molar-refractivity contribution in [3.63, 3.8) is 0 Å². The van der Waals surface area contributed by atoms with Gasteiger partial charge in [0.15, 0.2) is 6.29 Å². The third-order valence-electron chi connectivity index (χ3n) is 3.47. The Balaban J connectivity index is 3.82. The van der Waals surface area contributed by atoms with Gasteiger partial charge in [-0.05, 0) is 32.8 Å². The zero-order chi connectivity index (χ0) is 15.3. The van der Waals surface area contributed by atoms with Crippen molar-refractivity contribution in [1.82, 2.24) is 4.57 Å². The maximum Gasteiger partial charge on any atom is 0.270 e. The molecule has 0 unspecified atom stereocenters. The maximum absolute atomic E-state index is 12.4. The van der Waals surface area contributed by atoms with Gasteiger partial charge in [0.05, 0.1) is 5.56 Å². The lowest BCUT2D eigenvalue weighted by Crippen LogP contribution is -2.35. The average molecular weight is 275 g/mol. The number of hydrogen-bond donors (Lipinski definition) is 0. The van der Waals surface area contributed by atoms with Crippen LogP contribution in [0.5, 0.6) is 0 Å². The SMILES string of the molecule is CCCn1c(N(CC)CC)c(C=O)c(C)c(C#N)c1=O. The molecule has 0 saturated carbocycles. The summed E-state index contributed by atoms with van der Waals surface area (Å²) < 4.78 is 1.56. The molecule has 0 atom stereocenters. The molecule has 20 heavy (non-hydrogen) atoms. The maximum atomic E-state index is 12.4. The molecule has 1 aromatic rings. The van der Waals surface area contributed by atoms with Crippen molar-refractivity contribution in [2.24, 2.45) is 0 Å². The number of aromatic nitrogens is 1. The molecule has 5 heteroatoms. The van der Waals surface area contributed by atoms with Crippen LogP contribution in [-0.2, 0) is 6.54 Å². The number of carbonyl (C=O) groups is 1. The van der Waals surface area contributed by atoms with Crippen molar-refractivity contribution < 1.29 is 4.79 Å². The lowest BCUT2D eigenvalue weighted by atomic mass is 10.0. The largest absolute Gasteiger partial charge is 0.358 e. The highest BCUT2D eigenvalue weighted by Gasteiger charge is 2.21.